The van der Waals surface area contributed by atoms with Gasteiger partial charge in [0.25, 0.3) is 0 Å². The summed E-state index contributed by atoms with van der Waals surface area (Å²) in [4.78, 5) is 24.0. The first-order chi connectivity index (χ1) is 9.47. The SMILES string of the molecule is CCCN(CC(=O)O)C(=O)Nc1cc(Br)ccc1C#N. The average molecular weight is 340 g/mol. The maximum absolute atomic E-state index is 12.0. The molecular weight excluding hydrogens is 326 g/mol. The number of nitrogens with one attached hydrogen (secondary N) is 1. The molecule has 106 valence electrons. The molecule has 1 aromatic carbocycles. The Bertz CT molecular complexity index is 554. The van der Waals surface area contributed by atoms with Crippen LogP contribution in [-0.2, 0) is 4.79 Å². The molecular formula is C13H14BrN3O3. The topological polar surface area (TPSA) is 93.4 Å². The lowest BCUT2D eigenvalue weighted by molar-refractivity contribution is -0.137. The molecule has 0 saturated heterocycles. The van der Waals surface area contributed by atoms with E-state index in [2.05, 4.69) is 21.2 Å². The molecule has 0 bridgehead atoms. The van der Waals surface area contributed by atoms with Gasteiger partial charge in [0.15, 0.2) is 0 Å². The fourth-order valence-electron chi connectivity index (χ4n) is 1.60. The summed E-state index contributed by atoms with van der Waals surface area (Å²) in [6.07, 6.45) is 0.643. The Morgan fingerprint density at radius 2 is 2.20 bits per heavy atom. The fourth-order valence-corrected chi connectivity index (χ4v) is 1.96. The molecule has 7 heteroatoms. The molecule has 6 nitrogen and oxygen atoms in total. The van der Waals surface area contributed by atoms with Crippen LogP contribution in [-0.4, -0.2) is 35.1 Å². The number of anilines is 1. The van der Waals surface area contributed by atoms with Gasteiger partial charge in [-0.25, -0.2) is 4.79 Å². The van der Waals surface area contributed by atoms with Gasteiger partial charge in [-0.1, -0.05) is 22.9 Å². The van der Waals surface area contributed by atoms with E-state index in [1.165, 1.54) is 4.90 Å². The highest BCUT2D eigenvalue weighted by Gasteiger charge is 2.17. The number of carbonyl (C=O) groups is 2. The molecule has 0 atom stereocenters. The molecule has 0 radical (unpaired) electrons. The number of urea groups is 1. The summed E-state index contributed by atoms with van der Waals surface area (Å²) in [5.74, 6) is -1.08. The van der Waals surface area contributed by atoms with E-state index in [1.54, 1.807) is 18.2 Å². The van der Waals surface area contributed by atoms with Crippen LogP contribution < -0.4 is 5.32 Å². The van der Waals surface area contributed by atoms with Gasteiger partial charge < -0.3 is 15.3 Å². The van der Waals surface area contributed by atoms with Gasteiger partial charge in [0.05, 0.1) is 11.3 Å². The van der Waals surface area contributed by atoms with Crippen molar-refractivity contribution in [3.63, 3.8) is 0 Å². The van der Waals surface area contributed by atoms with Crippen molar-refractivity contribution in [2.45, 2.75) is 13.3 Å². The Kier molecular flexibility index (Phi) is 6.00. The number of halogens is 1. The van der Waals surface area contributed by atoms with Crippen molar-refractivity contribution >= 4 is 33.6 Å². The Morgan fingerprint density at radius 1 is 1.50 bits per heavy atom. The lowest BCUT2D eigenvalue weighted by Crippen LogP contribution is -2.39. The Hall–Kier alpha value is -2.07. The highest BCUT2D eigenvalue weighted by Crippen LogP contribution is 2.21. The number of hydrogen-bond acceptors (Lipinski definition) is 3. The van der Waals surface area contributed by atoms with Crippen molar-refractivity contribution in [2.75, 3.05) is 18.4 Å². The Labute approximate surface area is 125 Å². The van der Waals surface area contributed by atoms with E-state index >= 15 is 0 Å². The monoisotopic (exact) mass is 339 g/mol. The van der Waals surface area contributed by atoms with Gasteiger partial charge in [0.1, 0.15) is 12.6 Å². The number of amides is 2. The molecule has 1 rings (SSSR count). The lowest BCUT2D eigenvalue weighted by atomic mass is 10.2. The van der Waals surface area contributed by atoms with Crippen LogP contribution in [0.4, 0.5) is 10.5 Å². The standard InChI is InChI=1S/C13H14BrN3O3/c1-2-5-17(8-12(18)19)13(20)16-11-6-10(14)4-3-9(11)7-15/h3-4,6H,2,5,8H2,1H3,(H,16,20)(H,18,19). The third-order valence-electron chi connectivity index (χ3n) is 2.45. The van der Waals surface area contributed by atoms with Gasteiger partial charge in [-0.05, 0) is 24.6 Å². The Morgan fingerprint density at radius 3 is 2.75 bits per heavy atom. The lowest BCUT2D eigenvalue weighted by Gasteiger charge is -2.20. The zero-order valence-corrected chi connectivity index (χ0v) is 12.5. The number of hydrogen-bond donors (Lipinski definition) is 2. The number of nitrogens with zero attached hydrogens (tertiary/aromatic N) is 2. The maximum Gasteiger partial charge on any atom is 0.323 e. The minimum absolute atomic E-state index is 0.313. The van der Waals surface area contributed by atoms with Crippen LogP contribution in [0.3, 0.4) is 0 Å². The van der Waals surface area contributed by atoms with Gasteiger partial charge in [-0.15, -0.1) is 0 Å². The van der Waals surface area contributed by atoms with Gasteiger partial charge >= 0.3 is 12.0 Å². The van der Waals surface area contributed by atoms with Crippen molar-refractivity contribution in [2.24, 2.45) is 0 Å². The van der Waals surface area contributed by atoms with E-state index in [0.717, 1.165) is 0 Å². The van der Waals surface area contributed by atoms with Gasteiger partial charge in [-0.2, -0.15) is 5.26 Å². The molecule has 20 heavy (non-hydrogen) atoms. The number of carbonyl (C=O) groups excluding carboxylic acids is 1. The summed E-state index contributed by atoms with van der Waals surface area (Å²) in [6.45, 7) is 1.80. The first-order valence-electron chi connectivity index (χ1n) is 5.95. The maximum atomic E-state index is 12.0. The molecule has 2 N–H and O–H groups in total. The Balaban J connectivity index is 2.90. The van der Waals surface area contributed by atoms with Crippen molar-refractivity contribution < 1.29 is 14.7 Å². The molecule has 0 saturated carbocycles. The largest absolute Gasteiger partial charge is 0.480 e. The van der Waals surface area contributed by atoms with E-state index in [0.29, 0.717) is 28.7 Å². The minimum Gasteiger partial charge on any atom is -0.480 e. The van der Waals surface area contributed by atoms with Crippen LogP contribution in [0.2, 0.25) is 0 Å². The third-order valence-corrected chi connectivity index (χ3v) is 2.94. The number of carboxylic acids is 1. The van der Waals surface area contributed by atoms with Crippen molar-refractivity contribution in [3.05, 3.63) is 28.2 Å². The molecule has 0 spiro atoms. The average Bonchev–Trinajstić information content (AvgIpc) is 2.38. The van der Waals surface area contributed by atoms with Crippen molar-refractivity contribution in [1.29, 1.82) is 5.26 Å². The minimum atomic E-state index is -1.08. The second kappa shape index (κ2) is 7.50. The first-order valence-corrected chi connectivity index (χ1v) is 6.74. The summed E-state index contributed by atoms with van der Waals surface area (Å²) in [6, 6.07) is 6.29. The van der Waals surface area contributed by atoms with Crippen LogP contribution in [0.25, 0.3) is 0 Å². The van der Waals surface area contributed by atoms with Crippen LogP contribution in [0, 0.1) is 11.3 Å². The van der Waals surface area contributed by atoms with Crippen molar-refractivity contribution in [1.82, 2.24) is 4.90 Å². The smallest absolute Gasteiger partial charge is 0.323 e. The molecule has 0 aliphatic carbocycles. The second-order valence-corrected chi connectivity index (χ2v) is 4.96. The predicted molar refractivity (Wildman–Crippen MR) is 77.4 cm³/mol. The molecule has 0 aromatic heterocycles. The summed E-state index contributed by atoms with van der Waals surface area (Å²) >= 11 is 3.26. The number of aliphatic carboxylic acids is 1. The third kappa shape index (κ3) is 4.55. The van der Waals surface area contributed by atoms with E-state index in [4.69, 9.17) is 10.4 Å². The number of carboxylic acid groups (broad SMARTS) is 1. The number of rotatable bonds is 5. The summed E-state index contributed by atoms with van der Waals surface area (Å²) in [5, 5.41) is 20.3. The zero-order chi connectivity index (χ0) is 15.1. The van der Waals surface area contributed by atoms with E-state index in [-0.39, 0.29) is 6.54 Å². The molecule has 0 fully saturated rings. The van der Waals surface area contributed by atoms with Gasteiger partial charge in [0, 0.05) is 11.0 Å². The van der Waals surface area contributed by atoms with E-state index in [9.17, 15) is 9.59 Å². The van der Waals surface area contributed by atoms with Crippen LogP contribution in [0.5, 0.6) is 0 Å². The molecule has 1 aromatic rings. The fraction of sp³-hybridized carbons (Fsp3) is 0.308. The van der Waals surface area contributed by atoms with Crippen LogP contribution >= 0.6 is 15.9 Å². The summed E-state index contributed by atoms with van der Waals surface area (Å²) < 4.78 is 0.715. The number of benzene rings is 1. The molecule has 0 heterocycles. The zero-order valence-electron chi connectivity index (χ0n) is 10.9. The number of nitriles is 1. The highest BCUT2D eigenvalue weighted by molar-refractivity contribution is 9.10. The molecule has 2 amide bonds. The molecule has 0 aliphatic heterocycles. The molecule has 0 aliphatic rings. The van der Waals surface area contributed by atoms with Crippen molar-refractivity contribution in [3.8, 4) is 6.07 Å². The summed E-state index contributed by atoms with van der Waals surface area (Å²) in [7, 11) is 0. The predicted octanol–water partition coefficient (Wildman–Crippen LogP) is 2.65. The quantitative estimate of drug-likeness (QED) is 0.862. The van der Waals surface area contributed by atoms with E-state index < -0.39 is 12.0 Å². The van der Waals surface area contributed by atoms with Crippen LogP contribution in [0.15, 0.2) is 22.7 Å². The highest BCUT2D eigenvalue weighted by atomic mass is 79.9. The van der Waals surface area contributed by atoms with E-state index in [1.807, 2.05) is 13.0 Å². The first kappa shape index (κ1) is 16.0. The van der Waals surface area contributed by atoms with Gasteiger partial charge in [-0.3, -0.25) is 4.79 Å². The summed E-state index contributed by atoms with van der Waals surface area (Å²) in [5.41, 5.74) is 0.659. The van der Waals surface area contributed by atoms with Crippen LogP contribution in [0.1, 0.15) is 18.9 Å². The van der Waals surface area contributed by atoms with Gasteiger partial charge in [0.2, 0.25) is 0 Å². The normalized spacial score (nSPS) is 9.65. The second-order valence-electron chi connectivity index (χ2n) is 4.05. The molecule has 0 unspecified atom stereocenters.